The molecule has 150 valence electrons. The molecule has 0 aromatic heterocycles. The standard InChI is InChI=1S/C27H42/c1-20(2)21(3)11-8-14-25-17-18-26-24(13-9-19-27(25,26)5)16-15-23-12-7-6-10-22(23)4/h8,11,15-16,20-21,25-26H,4,6-7,9-10,12-14,17-19H2,1-3,5H3/b11-8+,23-15-,24-16+. The second-order valence-electron chi connectivity index (χ2n) is 10.2. The normalized spacial score (nSPS) is 36.1. The summed E-state index contributed by atoms with van der Waals surface area (Å²) in [6.45, 7) is 13.9. The van der Waals surface area contributed by atoms with E-state index in [1.54, 1.807) is 5.57 Å². The molecule has 4 unspecified atom stereocenters. The Morgan fingerprint density at radius 1 is 1.04 bits per heavy atom. The molecule has 0 saturated heterocycles. The summed E-state index contributed by atoms with van der Waals surface area (Å²) in [5.74, 6) is 3.15. The highest BCUT2D eigenvalue weighted by molar-refractivity contribution is 5.35. The van der Waals surface area contributed by atoms with Crippen molar-refractivity contribution >= 4 is 0 Å². The van der Waals surface area contributed by atoms with Crippen molar-refractivity contribution in [1.82, 2.24) is 0 Å². The molecular weight excluding hydrogens is 324 g/mol. The molecule has 0 aromatic rings. The minimum atomic E-state index is 0.525. The van der Waals surface area contributed by atoms with Crippen LogP contribution in [0.2, 0.25) is 0 Å². The van der Waals surface area contributed by atoms with E-state index in [4.69, 9.17) is 0 Å². The first kappa shape index (κ1) is 20.7. The van der Waals surface area contributed by atoms with Gasteiger partial charge in [0.25, 0.3) is 0 Å². The highest BCUT2D eigenvalue weighted by Gasteiger charge is 2.48. The van der Waals surface area contributed by atoms with E-state index in [9.17, 15) is 0 Å². The zero-order valence-corrected chi connectivity index (χ0v) is 18.4. The zero-order chi connectivity index (χ0) is 19.4. The molecule has 0 bridgehead atoms. The average molecular weight is 367 g/mol. The summed E-state index contributed by atoms with van der Waals surface area (Å²) in [7, 11) is 0. The summed E-state index contributed by atoms with van der Waals surface area (Å²) < 4.78 is 0. The Morgan fingerprint density at radius 2 is 1.81 bits per heavy atom. The van der Waals surface area contributed by atoms with E-state index >= 15 is 0 Å². The van der Waals surface area contributed by atoms with Crippen molar-refractivity contribution in [3.63, 3.8) is 0 Å². The predicted molar refractivity (Wildman–Crippen MR) is 120 cm³/mol. The lowest BCUT2D eigenvalue weighted by atomic mass is 9.63. The third kappa shape index (κ3) is 4.69. The van der Waals surface area contributed by atoms with Crippen LogP contribution in [-0.4, -0.2) is 0 Å². The van der Waals surface area contributed by atoms with Gasteiger partial charge in [-0.2, -0.15) is 0 Å². The zero-order valence-electron chi connectivity index (χ0n) is 18.4. The molecule has 0 nitrogen and oxygen atoms in total. The van der Waals surface area contributed by atoms with Crippen LogP contribution in [0.1, 0.15) is 91.9 Å². The van der Waals surface area contributed by atoms with Crippen molar-refractivity contribution < 1.29 is 0 Å². The molecule has 3 saturated carbocycles. The summed E-state index contributed by atoms with van der Waals surface area (Å²) in [5.41, 5.74) is 5.20. The van der Waals surface area contributed by atoms with Crippen molar-refractivity contribution in [2.75, 3.05) is 0 Å². The van der Waals surface area contributed by atoms with Crippen LogP contribution in [-0.2, 0) is 0 Å². The van der Waals surface area contributed by atoms with Crippen LogP contribution in [0.25, 0.3) is 0 Å². The maximum absolute atomic E-state index is 4.31. The molecular formula is C27H42. The highest BCUT2D eigenvalue weighted by Crippen LogP contribution is 2.58. The maximum Gasteiger partial charge on any atom is -0.0143 e. The van der Waals surface area contributed by atoms with Crippen LogP contribution in [0.4, 0.5) is 0 Å². The Morgan fingerprint density at radius 3 is 2.56 bits per heavy atom. The number of hydrogen-bond donors (Lipinski definition) is 0. The molecule has 0 radical (unpaired) electrons. The topological polar surface area (TPSA) is 0 Å². The van der Waals surface area contributed by atoms with Gasteiger partial charge in [0.2, 0.25) is 0 Å². The van der Waals surface area contributed by atoms with Gasteiger partial charge in [0.1, 0.15) is 0 Å². The van der Waals surface area contributed by atoms with Crippen molar-refractivity contribution in [3.8, 4) is 0 Å². The van der Waals surface area contributed by atoms with Crippen LogP contribution in [0.3, 0.4) is 0 Å². The molecule has 0 spiro atoms. The van der Waals surface area contributed by atoms with Crippen LogP contribution in [0.15, 0.2) is 47.6 Å². The van der Waals surface area contributed by atoms with E-state index in [1.165, 1.54) is 75.4 Å². The molecule has 0 heteroatoms. The third-order valence-corrected chi connectivity index (χ3v) is 8.20. The predicted octanol–water partition coefficient (Wildman–Crippen LogP) is 8.42. The van der Waals surface area contributed by atoms with E-state index < -0.39 is 0 Å². The van der Waals surface area contributed by atoms with E-state index in [0.29, 0.717) is 11.3 Å². The van der Waals surface area contributed by atoms with E-state index in [0.717, 1.165) is 17.8 Å². The monoisotopic (exact) mass is 366 g/mol. The molecule has 0 aliphatic heterocycles. The largest absolute Gasteiger partial charge is 0.0956 e. The fraction of sp³-hybridized carbons (Fsp3) is 0.704. The van der Waals surface area contributed by atoms with Gasteiger partial charge in [-0.25, -0.2) is 0 Å². The van der Waals surface area contributed by atoms with Gasteiger partial charge in [0.15, 0.2) is 0 Å². The summed E-state index contributed by atoms with van der Waals surface area (Å²) >= 11 is 0. The van der Waals surface area contributed by atoms with Crippen LogP contribution in [0, 0.1) is 29.1 Å². The maximum atomic E-state index is 4.31. The fourth-order valence-corrected chi connectivity index (χ4v) is 5.81. The molecule has 3 aliphatic rings. The number of hydrogen-bond acceptors (Lipinski definition) is 0. The van der Waals surface area contributed by atoms with Crippen molar-refractivity contribution in [3.05, 3.63) is 47.6 Å². The molecule has 3 aliphatic carbocycles. The van der Waals surface area contributed by atoms with Crippen molar-refractivity contribution in [2.24, 2.45) is 29.1 Å². The van der Waals surface area contributed by atoms with Gasteiger partial charge < -0.3 is 0 Å². The fourth-order valence-electron chi connectivity index (χ4n) is 5.81. The molecule has 3 fully saturated rings. The van der Waals surface area contributed by atoms with E-state index in [-0.39, 0.29) is 0 Å². The quantitative estimate of drug-likeness (QED) is 0.428. The second-order valence-corrected chi connectivity index (χ2v) is 10.2. The Hall–Kier alpha value is -1.04. The highest BCUT2D eigenvalue weighted by atomic mass is 14.5. The molecule has 27 heavy (non-hydrogen) atoms. The van der Waals surface area contributed by atoms with Crippen molar-refractivity contribution in [2.45, 2.75) is 91.9 Å². The van der Waals surface area contributed by atoms with Gasteiger partial charge in [-0.3, -0.25) is 0 Å². The van der Waals surface area contributed by atoms with Crippen molar-refractivity contribution in [1.29, 1.82) is 0 Å². The number of rotatable bonds is 5. The Bertz CT molecular complexity index is 614. The van der Waals surface area contributed by atoms with Gasteiger partial charge in [0, 0.05) is 0 Å². The Kier molecular flexibility index (Phi) is 6.88. The molecule has 0 aromatic carbocycles. The molecule has 0 amide bonds. The second kappa shape index (κ2) is 8.97. The SMILES string of the molecule is C=C1CCCC/C1=C/C=C1\CCCC2(C)C(C/C=C/C(C)C(C)C)CCC12. The molecule has 3 rings (SSSR count). The minimum Gasteiger partial charge on any atom is -0.0956 e. The average Bonchev–Trinajstić information content (AvgIpc) is 2.98. The Balaban J connectivity index is 1.69. The first-order valence-corrected chi connectivity index (χ1v) is 11.7. The lowest BCUT2D eigenvalue weighted by molar-refractivity contribution is 0.137. The smallest absolute Gasteiger partial charge is 0.0143 e. The molecule has 0 heterocycles. The van der Waals surface area contributed by atoms with Gasteiger partial charge >= 0.3 is 0 Å². The summed E-state index contributed by atoms with van der Waals surface area (Å²) in [6, 6.07) is 0. The number of fused-ring (bicyclic) bond motifs is 1. The van der Waals surface area contributed by atoms with Crippen LogP contribution < -0.4 is 0 Å². The summed E-state index contributed by atoms with van der Waals surface area (Å²) in [4.78, 5) is 0. The summed E-state index contributed by atoms with van der Waals surface area (Å²) in [5, 5.41) is 0. The Labute approximate surface area is 168 Å². The minimum absolute atomic E-state index is 0.525. The third-order valence-electron chi connectivity index (χ3n) is 8.20. The number of allylic oxidation sites excluding steroid dienone is 7. The first-order valence-electron chi connectivity index (χ1n) is 11.7. The van der Waals surface area contributed by atoms with E-state index in [1.807, 2.05) is 0 Å². The van der Waals surface area contributed by atoms with Crippen LogP contribution in [0.5, 0.6) is 0 Å². The van der Waals surface area contributed by atoms with Gasteiger partial charge in [-0.05, 0) is 98.9 Å². The van der Waals surface area contributed by atoms with E-state index in [2.05, 4.69) is 58.6 Å². The first-order chi connectivity index (χ1) is 12.9. The summed E-state index contributed by atoms with van der Waals surface area (Å²) in [6.07, 6.45) is 23.3. The van der Waals surface area contributed by atoms with Gasteiger partial charge in [-0.1, -0.05) is 69.7 Å². The molecule has 0 N–H and O–H groups in total. The van der Waals surface area contributed by atoms with Crippen LogP contribution >= 0.6 is 0 Å². The lowest BCUT2D eigenvalue weighted by Crippen LogP contribution is -2.33. The van der Waals surface area contributed by atoms with Gasteiger partial charge in [-0.15, -0.1) is 0 Å². The molecule has 4 atom stereocenters. The van der Waals surface area contributed by atoms with Gasteiger partial charge in [0.05, 0.1) is 0 Å². The lowest BCUT2D eigenvalue weighted by Gasteiger charge is -2.42.